The van der Waals surface area contributed by atoms with Gasteiger partial charge in [0.2, 0.25) is 0 Å². The second-order valence-electron chi connectivity index (χ2n) is 3.86. The molecule has 0 rings (SSSR count). The molecule has 0 aliphatic rings. The maximum absolute atomic E-state index is 5.16. The van der Waals surface area contributed by atoms with E-state index in [0.29, 0.717) is 0 Å². The van der Waals surface area contributed by atoms with Gasteiger partial charge < -0.3 is 4.90 Å². The Morgan fingerprint density at radius 3 is 2.14 bits per heavy atom. The van der Waals surface area contributed by atoms with Crippen LogP contribution in [0, 0.1) is 24.2 Å². The van der Waals surface area contributed by atoms with Gasteiger partial charge in [-0.2, -0.15) is 0 Å². The lowest BCUT2D eigenvalue weighted by Crippen LogP contribution is -3.05. The molecule has 1 N–H and O–H groups in total. The Bertz CT molecular complexity index is 212. The monoisotopic (exact) mass is 192 g/mol. The Morgan fingerprint density at radius 1 is 0.929 bits per heavy atom. The van der Waals surface area contributed by atoms with Crippen LogP contribution in [0.3, 0.4) is 0 Å². The number of hydrogen-bond acceptors (Lipinski definition) is 0. The zero-order valence-electron chi connectivity index (χ0n) is 9.53. The second-order valence-corrected chi connectivity index (χ2v) is 3.86. The molecule has 0 saturated carbocycles. The van der Waals surface area contributed by atoms with Crippen LogP contribution in [0.4, 0.5) is 0 Å². The van der Waals surface area contributed by atoms with Crippen LogP contribution in [0.1, 0.15) is 38.5 Å². The molecular weight excluding hydrogens is 170 g/mol. The van der Waals surface area contributed by atoms with E-state index in [9.17, 15) is 0 Å². The average Bonchev–Trinajstić information content (AvgIpc) is 2.15. The van der Waals surface area contributed by atoms with Crippen molar-refractivity contribution in [3.8, 4) is 24.2 Å². The molecule has 0 heterocycles. The van der Waals surface area contributed by atoms with Crippen LogP contribution in [0.5, 0.6) is 0 Å². The van der Waals surface area contributed by atoms with E-state index in [4.69, 9.17) is 6.42 Å². The Hall–Kier alpha value is -0.920. The van der Waals surface area contributed by atoms with Crippen LogP contribution in [0.25, 0.3) is 0 Å². The van der Waals surface area contributed by atoms with E-state index in [-0.39, 0.29) is 0 Å². The van der Waals surface area contributed by atoms with Crippen molar-refractivity contribution in [2.24, 2.45) is 0 Å². The number of rotatable bonds is 6. The van der Waals surface area contributed by atoms with Crippen molar-refractivity contribution >= 4 is 0 Å². The summed E-state index contributed by atoms with van der Waals surface area (Å²) >= 11 is 0. The van der Waals surface area contributed by atoms with Gasteiger partial charge in [0.1, 0.15) is 6.54 Å². The van der Waals surface area contributed by atoms with Crippen molar-refractivity contribution in [3.05, 3.63) is 0 Å². The summed E-state index contributed by atoms with van der Waals surface area (Å²) in [5.41, 5.74) is 0. The minimum atomic E-state index is 0.926. The highest BCUT2D eigenvalue weighted by Crippen LogP contribution is 2.03. The summed E-state index contributed by atoms with van der Waals surface area (Å²) in [6.45, 7) is 0.955. The summed E-state index contributed by atoms with van der Waals surface area (Å²) in [5.74, 6) is 9.02. The fourth-order valence-electron chi connectivity index (χ4n) is 1.12. The molecule has 0 aromatic heterocycles. The van der Waals surface area contributed by atoms with Gasteiger partial charge in [-0.25, -0.2) is 0 Å². The van der Waals surface area contributed by atoms with Gasteiger partial charge in [0.05, 0.1) is 14.1 Å². The van der Waals surface area contributed by atoms with Gasteiger partial charge in [-0.1, -0.05) is 18.8 Å². The first kappa shape index (κ1) is 13.1. The fraction of sp³-hybridized carbons (Fsp3) is 0.692. The SMILES string of the molecule is C#CCCCCCCC#CC[NH+](C)C. The quantitative estimate of drug-likeness (QED) is 0.475. The Labute approximate surface area is 88.9 Å². The third kappa shape index (κ3) is 11.1. The zero-order chi connectivity index (χ0) is 10.6. The molecule has 0 fully saturated rings. The first-order chi connectivity index (χ1) is 6.77. The van der Waals surface area contributed by atoms with E-state index in [1.165, 1.54) is 30.6 Å². The fourth-order valence-corrected chi connectivity index (χ4v) is 1.12. The molecule has 0 saturated heterocycles. The molecule has 0 aromatic rings. The Balaban J connectivity index is 3.12. The zero-order valence-corrected chi connectivity index (χ0v) is 9.53. The molecule has 0 aliphatic heterocycles. The van der Waals surface area contributed by atoms with Gasteiger partial charge >= 0.3 is 0 Å². The van der Waals surface area contributed by atoms with E-state index in [1.807, 2.05) is 0 Å². The Kier molecular flexibility index (Phi) is 9.49. The van der Waals surface area contributed by atoms with E-state index in [0.717, 1.165) is 19.4 Å². The summed E-state index contributed by atoms with van der Waals surface area (Å²) in [5, 5.41) is 0. The van der Waals surface area contributed by atoms with Crippen LogP contribution in [-0.2, 0) is 0 Å². The molecule has 0 unspecified atom stereocenters. The van der Waals surface area contributed by atoms with Gasteiger partial charge in [-0.3, -0.25) is 0 Å². The topological polar surface area (TPSA) is 4.44 Å². The predicted octanol–water partition coefficient (Wildman–Crippen LogP) is 1.11. The number of hydrogen-bond donors (Lipinski definition) is 1. The van der Waals surface area contributed by atoms with Crippen LogP contribution < -0.4 is 4.90 Å². The van der Waals surface area contributed by atoms with Crippen molar-refractivity contribution in [2.75, 3.05) is 20.6 Å². The van der Waals surface area contributed by atoms with Crippen LogP contribution in [-0.4, -0.2) is 20.6 Å². The van der Waals surface area contributed by atoms with E-state index in [1.54, 1.807) is 0 Å². The van der Waals surface area contributed by atoms with Gasteiger partial charge in [-0.15, -0.1) is 12.3 Å². The maximum Gasteiger partial charge on any atom is 0.138 e. The molecule has 0 spiro atoms. The second kappa shape index (κ2) is 10.2. The summed E-state index contributed by atoms with van der Waals surface area (Å²) in [6.07, 6.45) is 12.1. The highest BCUT2D eigenvalue weighted by atomic mass is 15.0. The van der Waals surface area contributed by atoms with Gasteiger partial charge in [0.15, 0.2) is 0 Å². The number of quaternary nitrogens is 1. The summed E-state index contributed by atoms with van der Waals surface area (Å²) in [4.78, 5) is 1.39. The predicted molar refractivity (Wildman–Crippen MR) is 62.0 cm³/mol. The largest absolute Gasteiger partial charge is 0.330 e. The smallest absolute Gasteiger partial charge is 0.138 e. The summed E-state index contributed by atoms with van der Waals surface area (Å²) in [6, 6.07) is 0. The van der Waals surface area contributed by atoms with Crippen LogP contribution in [0.2, 0.25) is 0 Å². The standard InChI is InChI=1S/C13H21N/c1-4-5-6-7-8-9-10-11-12-13-14(2)3/h1H,5-10,13H2,2-3H3/p+1. The minimum Gasteiger partial charge on any atom is -0.330 e. The molecular formula is C13H22N+. The van der Waals surface area contributed by atoms with Gasteiger partial charge in [-0.05, 0) is 18.8 Å². The number of unbranched alkanes of at least 4 members (excludes halogenated alkanes) is 5. The third-order valence-corrected chi connectivity index (χ3v) is 1.94. The first-order valence-corrected chi connectivity index (χ1v) is 5.45. The molecule has 14 heavy (non-hydrogen) atoms. The molecule has 0 radical (unpaired) electrons. The molecule has 1 nitrogen and oxygen atoms in total. The molecule has 0 aromatic carbocycles. The molecule has 0 amide bonds. The third-order valence-electron chi connectivity index (χ3n) is 1.94. The molecule has 0 atom stereocenters. The van der Waals surface area contributed by atoms with Gasteiger partial charge in [0.25, 0.3) is 0 Å². The maximum atomic E-state index is 5.16. The lowest BCUT2D eigenvalue weighted by atomic mass is 10.1. The first-order valence-electron chi connectivity index (χ1n) is 5.45. The van der Waals surface area contributed by atoms with Crippen LogP contribution >= 0.6 is 0 Å². The van der Waals surface area contributed by atoms with Crippen molar-refractivity contribution < 1.29 is 4.90 Å². The van der Waals surface area contributed by atoms with Gasteiger partial charge in [0, 0.05) is 12.8 Å². The van der Waals surface area contributed by atoms with Crippen molar-refractivity contribution in [1.29, 1.82) is 0 Å². The highest BCUT2D eigenvalue weighted by molar-refractivity contribution is 4.98. The molecule has 78 valence electrons. The highest BCUT2D eigenvalue weighted by Gasteiger charge is 1.87. The summed E-state index contributed by atoms with van der Waals surface area (Å²) in [7, 11) is 4.24. The number of terminal acetylenes is 1. The lowest BCUT2D eigenvalue weighted by Gasteiger charge is -1.98. The van der Waals surface area contributed by atoms with Crippen molar-refractivity contribution in [1.82, 2.24) is 0 Å². The van der Waals surface area contributed by atoms with E-state index in [2.05, 4.69) is 31.9 Å². The van der Waals surface area contributed by atoms with Crippen molar-refractivity contribution in [3.63, 3.8) is 0 Å². The molecule has 0 bridgehead atoms. The summed E-state index contributed by atoms with van der Waals surface area (Å²) < 4.78 is 0. The average molecular weight is 192 g/mol. The normalized spacial score (nSPS) is 9.29. The van der Waals surface area contributed by atoms with E-state index >= 15 is 0 Å². The number of nitrogens with one attached hydrogen (secondary N) is 1. The molecule has 0 aliphatic carbocycles. The molecule has 1 heteroatoms. The van der Waals surface area contributed by atoms with Crippen LogP contribution in [0.15, 0.2) is 0 Å². The van der Waals surface area contributed by atoms with E-state index < -0.39 is 0 Å². The van der Waals surface area contributed by atoms with Crippen molar-refractivity contribution in [2.45, 2.75) is 38.5 Å². The Morgan fingerprint density at radius 2 is 1.57 bits per heavy atom. The minimum absolute atomic E-state index is 0.926. The lowest BCUT2D eigenvalue weighted by molar-refractivity contribution is -0.850.